The Morgan fingerprint density at radius 2 is 2.19 bits per heavy atom. The molecule has 0 aliphatic carbocycles. The zero-order valence-electron chi connectivity index (χ0n) is 9.36. The van der Waals surface area contributed by atoms with Crippen molar-refractivity contribution in [3.63, 3.8) is 0 Å². The van der Waals surface area contributed by atoms with Gasteiger partial charge in [0.15, 0.2) is 0 Å². The van der Waals surface area contributed by atoms with E-state index in [4.69, 9.17) is 5.11 Å². The molecule has 84 valence electrons. The number of carboxylic acid groups (broad SMARTS) is 1. The molecule has 0 bridgehead atoms. The Balaban J connectivity index is 2.28. The van der Waals surface area contributed by atoms with Crippen molar-refractivity contribution < 1.29 is 9.90 Å². The highest BCUT2D eigenvalue weighted by atomic mass is 32.1. The Labute approximate surface area is 98.5 Å². The maximum absolute atomic E-state index is 10.8. The Hall–Kier alpha value is -1.35. The van der Waals surface area contributed by atoms with Gasteiger partial charge in [0.2, 0.25) is 0 Å². The van der Waals surface area contributed by atoms with E-state index in [1.54, 1.807) is 18.3 Å². The number of rotatable bonds is 3. The van der Waals surface area contributed by atoms with E-state index < -0.39 is 5.97 Å². The van der Waals surface area contributed by atoms with Crippen LogP contribution in [0.25, 0.3) is 10.1 Å². The second kappa shape index (κ2) is 4.26. The molecule has 0 aliphatic rings. The number of benzene rings is 1. The van der Waals surface area contributed by atoms with E-state index in [1.807, 2.05) is 6.07 Å². The Kier molecular flexibility index (Phi) is 2.97. The molecule has 2 rings (SSSR count). The lowest BCUT2D eigenvalue weighted by molar-refractivity contribution is -0.141. The standard InChI is InChI=1S/C13H14O2S/c1-8(13(14)15)5-10-3-4-11-6-9(2)16-12(11)7-10/h3-4,6-8H,5H2,1-2H3,(H,14,15). The molecule has 0 radical (unpaired) electrons. The van der Waals surface area contributed by atoms with Crippen LogP contribution in [-0.4, -0.2) is 11.1 Å². The van der Waals surface area contributed by atoms with E-state index >= 15 is 0 Å². The molecule has 1 atom stereocenters. The average Bonchev–Trinajstić information content (AvgIpc) is 2.57. The van der Waals surface area contributed by atoms with Crippen molar-refractivity contribution in [2.24, 2.45) is 5.92 Å². The summed E-state index contributed by atoms with van der Waals surface area (Å²) in [4.78, 5) is 12.1. The second-order valence-corrected chi connectivity index (χ2v) is 5.46. The number of carboxylic acids is 1. The molecule has 1 aromatic carbocycles. The summed E-state index contributed by atoms with van der Waals surface area (Å²) in [5.41, 5.74) is 1.10. The van der Waals surface area contributed by atoms with Gasteiger partial charge in [-0.05, 0) is 36.4 Å². The number of fused-ring (bicyclic) bond motifs is 1. The molecule has 1 unspecified atom stereocenters. The molecule has 0 spiro atoms. The summed E-state index contributed by atoms with van der Waals surface area (Å²) >= 11 is 1.75. The lowest BCUT2D eigenvalue weighted by Gasteiger charge is -2.05. The number of hydrogen-bond donors (Lipinski definition) is 1. The van der Waals surface area contributed by atoms with Crippen LogP contribution < -0.4 is 0 Å². The van der Waals surface area contributed by atoms with Crippen molar-refractivity contribution in [2.75, 3.05) is 0 Å². The van der Waals surface area contributed by atoms with Crippen molar-refractivity contribution in [2.45, 2.75) is 20.3 Å². The fraction of sp³-hybridized carbons (Fsp3) is 0.308. The van der Waals surface area contributed by atoms with Gasteiger partial charge in [-0.1, -0.05) is 19.1 Å². The average molecular weight is 234 g/mol. The number of thiophene rings is 1. The van der Waals surface area contributed by atoms with Crippen molar-refractivity contribution in [1.82, 2.24) is 0 Å². The van der Waals surface area contributed by atoms with Gasteiger partial charge < -0.3 is 5.11 Å². The van der Waals surface area contributed by atoms with Gasteiger partial charge in [0.25, 0.3) is 0 Å². The third-order valence-corrected chi connectivity index (χ3v) is 3.68. The predicted octanol–water partition coefficient (Wildman–Crippen LogP) is 3.47. The minimum atomic E-state index is -0.734. The molecule has 1 N–H and O–H groups in total. The van der Waals surface area contributed by atoms with E-state index in [0.717, 1.165) is 5.56 Å². The molecule has 16 heavy (non-hydrogen) atoms. The minimum absolute atomic E-state index is 0.321. The van der Waals surface area contributed by atoms with Gasteiger partial charge in [-0.15, -0.1) is 11.3 Å². The van der Waals surface area contributed by atoms with Gasteiger partial charge in [-0.2, -0.15) is 0 Å². The van der Waals surface area contributed by atoms with Gasteiger partial charge in [-0.3, -0.25) is 4.79 Å². The number of carbonyl (C=O) groups is 1. The first-order valence-electron chi connectivity index (χ1n) is 5.28. The van der Waals surface area contributed by atoms with E-state index in [-0.39, 0.29) is 5.92 Å². The first-order chi connectivity index (χ1) is 7.56. The van der Waals surface area contributed by atoms with Crippen LogP contribution in [0.5, 0.6) is 0 Å². The molecule has 0 saturated carbocycles. The summed E-state index contributed by atoms with van der Waals surface area (Å²) in [6.07, 6.45) is 0.599. The Bertz CT molecular complexity index is 528. The van der Waals surface area contributed by atoms with Gasteiger partial charge in [0.05, 0.1) is 5.92 Å². The highest BCUT2D eigenvalue weighted by Crippen LogP contribution is 2.26. The summed E-state index contributed by atoms with van der Waals surface area (Å²) in [6, 6.07) is 8.35. The van der Waals surface area contributed by atoms with Crippen LogP contribution in [0.1, 0.15) is 17.4 Å². The van der Waals surface area contributed by atoms with Gasteiger partial charge in [0, 0.05) is 9.58 Å². The normalized spacial score (nSPS) is 12.9. The van der Waals surface area contributed by atoms with E-state index in [2.05, 4.69) is 25.1 Å². The third kappa shape index (κ3) is 2.25. The first kappa shape index (κ1) is 11.1. The van der Waals surface area contributed by atoms with E-state index in [1.165, 1.54) is 15.0 Å². The molecule has 1 aromatic heterocycles. The smallest absolute Gasteiger partial charge is 0.306 e. The van der Waals surface area contributed by atoms with Crippen molar-refractivity contribution in [1.29, 1.82) is 0 Å². The first-order valence-corrected chi connectivity index (χ1v) is 6.10. The fourth-order valence-electron chi connectivity index (χ4n) is 1.78. The number of aryl methyl sites for hydroxylation is 1. The topological polar surface area (TPSA) is 37.3 Å². The van der Waals surface area contributed by atoms with E-state index in [9.17, 15) is 4.79 Å². The van der Waals surface area contributed by atoms with Crippen LogP contribution in [0.15, 0.2) is 24.3 Å². The van der Waals surface area contributed by atoms with Gasteiger partial charge >= 0.3 is 5.97 Å². The summed E-state index contributed by atoms with van der Waals surface area (Å²) in [6.45, 7) is 3.83. The zero-order valence-corrected chi connectivity index (χ0v) is 10.2. The Morgan fingerprint density at radius 3 is 2.88 bits per heavy atom. The largest absolute Gasteiger partial charge is 0.481 e. The fourth-order valence-corrected chi connectivity index (χ4v) is 2.76. The molecular formula is C13H14O2S. The highest BCUT2D eigenvalue weighted by Gasteiger charge is 2.11. The molecule has 2 aromatic rings. The lowest BCUT2D eigenvalue weighted by atomic mass is 10.0. The van der Waals surface area contributed by atoms with Crippen LogP contribution in [0.4, 0.5) is 0 Å². The molecule has 1 heterocycles. The quantitative estimate of drug-likeness (QED) is 0.882. The van der Waals surface area contributed by atoms with Crippen molar-refractivity contribution >= 4 is 27.4 Å². The maximum atomic E-state index is 10.8. The van der Waals surface area contributed by atoms with Crippen LogP contribution in [0.2, 0.25) is 0 Å². The molecular weight excluding hydrogens is 220 g/mol. The van der Waals surface area contributed by atoms with Gasteiger partial charge in [-0.25, -0.2) is 0 Å². The molecule has 0 fully saturated rings. The van der Waals surface area contributed by atoms with Crippen molar-refractivity contribution in [3.05, 3.63) is 34.7 Å². The van der Waals surface area contributed by atoms with E-state index in [0.29, 0.717) is 6.42 Å². The summed E-state index contributed by atoms with van der Waals surface area (Å²) in [5.74, 6) is -1.05. The summed E-state index contributed by atoms with van der Waals surface area (Å²) in [7, 11) is 0. The summed E-state index contributed by atoms with van der Waals surface area (Å²) in [5, 5.41) is 10.1. The maximum Gasteiger partial charge on any atom is 0.306 e. The van der Waals surface area contributed by atoms with Crippen LogP contribution in [0, 0.1) is 12.8 Å². The van der Waals surface area contributed by atoms with Crippen LogP contribution >= 0.6 is 11.3 Å². The van der Waals surface area contributed by atoms with Crippen LogP contribution in [-0.2, 0) is 11.2 Å². The lowest BCUT2D eigenvalue weighted by Crippen LogP contribution is -2.11. The highest BCUT2D eigenvalue weighted by molar-refractivity contribution is 7.19. The third-order valence-electron chi connectivity index (χ3n) is 2.67. The second-order valence-electron chi connectivity index (χ2n) is 4.17. The zero-order chi connectivity index (χ0) is 11.7. The molecule has 0 saturated heterocycles. The van der Waals surface area contributed by atoms with Crippen molar-refractivity contribution in [3.8, 4) is 0 Å². The monoisotopic (exact) mass is 234 g/mol. The number of aliphatic carboxylic acids is 1. The minimum Gasteiger partial charge on any atom is -0.481 e. The molecule has 3 heteroatoms. The predicted molar refractivity (Wildman–Crippen MR) is 67.1 cm³/mol. The molecule has 0 amide bonds. The Morgan fingerprint density at radius 1 is 1.44 bits per heavy atom. The van der Waals surface area contributed by atoms with Crippen LogP contribution in [0.3, 0.4) is 0 Å². The van der Waals surface area contributed by atoms with Gasteiger partial charge in [0.1, 0.15) is 0 Å². The molecule has 0 aliphatic heterocycles. The SMILES string of the molecule is Cc1cc2ccc(CC(C)C(=O)O)cc2s1. The summed E-state index contributed by atoms with van der Waals surface area (Å²) < 4.78 is 1.24. The molecule has 2 nitrogen and oxygen atoms in total. The number of hydrogen-bond acceptors (Lipinski definition) is 2.